The van der Waals surface area contributed by atoms with Crippen molar-refractivity contribution >= 4 is 5.78 Å². The molecular formula is C20H20N2O3. The number of aliphatic hydroxyl groups excluding tert-OH is 1. The number of hydrogen-bond donors (Lipinski definition) is 1. The third kappa shape index (κ3) is 4.55. The number of benzene rings is 2. The minimum atomic E-state index is -0.704. The first-order valence-corrected chi connectivity index (χ1v) is 8.11. The predicted octanol–water partition coefficient (Wildman–Crippen LogP) is 3.19. The first-order chi connectivity index (χ1) is 12.1. The van der Waals surface area contributed by atoms with Crippen LogP contribution in [-0.4, -0.2) is 33.4 Å². The standard InChI is InChI=1S/C20H20N2O3/c1-15(23)17-8-5-9-20(10-17)25-14-19(24)13-22-12-18(11-21-22)16-6-3-2-4-7-16/h2-12,19,24H,13-14H2,1H3. The van der Waals surface area contributed by atoms with Crippen molar-refractivity contribution in [3.05, 3.63) is 72.6 Å². The number of Topliss-reactive ketones (excluding diaryl/α,β-unsaturated/α-hetero) is 1. The summed E-state index contributed by atoms with van der Waals surface area (Å²) in [7, 11) is 0. The summed E-state index contributed by atoms with van der Waals surface area (Å²) in [6.45, 7) is 1.97. The van der Waals surface area contributed by atoms with Gasteiger partial charge in [0, 0.05) is 17.3 Å². The van der Waals surface area contributed by atoms with Gasteiger partial charge in [0.05, 0.1) is 12.7 Å². The molecule has 0 radical (unpaired) electrons. The molecule has 0 amide bonds. The van der Waals surface area contributed by atoms with Crippen LogP contribution in [0.2, 0.25) is 0 Å². The zero-order valence-corrected chi connectivity index (χ0v) is 14.0. The molecule has 0 saturated heterocycles. The summed E-state index contributed by atoms with van der Waals surface area (Å²) >= 11 is 0. The number of carbonyl (C=O) groups excluding carboxylic acids is 1. The van der Waals surface area contributed by atoms with E-state index in [4.69, 9.17) is 4.74 Å². The van der Waals surface area contributed by atoms with Gasteiger partial charge in [-0.25, -0.2) is 0 Å². The molecule has 0 aliphatic heterocycles. The summed E-state index contributed by atoms with van der Waals surface area (Å²) in [6.07, 6.45) is 2.97. The fourth-order valence-electron chi connectivity index (χ4n) is 2.51. The molecule has 1 N–H and O–H groups in total. The maximum absolute atomic E-state index is 11.4. The normalized spacial score (nSPS) is 11.9. The van der Waals surface area contributed by atoms with Gasteiger partial charge in [0.2, 0.25) is 0 Å². The predicted molar refractivity (Wildman–Crippen MR) is 95.6 cm³/mol. The number of hydrogen-bond acceptors (Lipinski definition) is 4. The number of carbonyl (C=O) groups is 1. The molecule has 1 aromatic heterocycles. The molecule has 25 heavy (non-hydrogen) atoms. The van der Waals surface area contributed by atoms with Gasteiger partial charge in [-0.2, -0.15) is 5.10 Å². The van der Waals surface area contributed by atoms with Gasteiger partial charge >= 0.3 is 0 Å². The van der Waals surface area contributed by atoms with Gasteiger partial charge in [0.25, 0.3) is 0 Å². The van der Waals surface area contributed by atoms with Gasteiger partial charge in [0.15, 0.2) is 5.78 Å². The Kier molecular flexibility index (Phi) is 5.26. The molecule has 128 valence electrons. The van der Waals surface area contributed by atoms with Gasteiger partial charge in [-0.3, -0.25) is 9.48 Å². The Bertz CT molecular complexity index is 843. The highest BCUT2D eigenvalue weighted by Crippen LogP contribution is 2.18. The van der Waals surface area contributed by atoms with Crippen molar-refractivity contribution in [2.75, 3.05) is 6.61 Å². The summed E-state index contributed by atoms with van der Waals surface area (Å²) in [5, 5.41) is 14.5. The van der Waals surface area contributed by atoms with E-state index in [1.54, 1.807) is 35.1 Å². The molecular weight excluding hydrogens is 316 g/mol. The summed E-state index contributed by atoms with van der Waals surface area (Å²) in [5.41, 5.74) is 2.68. The van der Waals surface area contributed by atoms with E-state index in [-0.39, 0.29) is 12.4 Å². The largest absolute Gasteiger partial charge is 0.491 e. The van der Waals surface area contributed by atoms with Crippen molar-refractivity contribution in [1.82, 2.24) is 9.78 Å². The first kappa shape index (κ1) is 16.9. The summed E-state index contributed by atoms with van der Waals surface area (Å²) in [5.74, 6) is 0.549. The highest BCUT2D eigenvalue weighted by Gasteiger charge is 2.09. The molecule has 1 atom stereocenters. The topological polar surface area (TPSA) is 64.3 Å². The van der Waals surface area contributed by atoms with Crippen molar-refractivity contribution < 1.29 is 14.6 Å². The molecule has 0 saturated carbocycles. The number of rotatable bonds is 7. The average Bonchev–Trinajstić information content (AvgIpc) is 3.09. The zero-order valence-electron chi connectivity index (χ0n) is 14.0. The Balaban J connectivity index is 1.56. The van der Waals surface area contributed by atoms with Crippen LogP contribution in [-0.2, 0) is 6.54 Å². The van der Waals surface area contributed by atoms with Crippen LogP contribution >= 0.6 is 0 Å². The van der Waals surface area contributed by atoms with E-state index in [1.807, 2.05) is 36.5 Å². The lowest BCUT2D eigenvalue weighted by atomic mass is 10.1. The number of aromatic nitrogens is 2. The number of ether oxygens (including phenoxy) is 1. The first-order valence-electron chi connectivity index (χ1n) is 8.11. The van der Waals surface area contributed by atoms with Crippen LogP contribution in [0.3, 0.4) is 0 Å². The van der Waals surface area contributed by atoms with Crippen LogP contribution < -0.4 is 4.74 Å². The van der Waals surface area contributed by atoms with E-state index in [0.29, 0.717) is 17.9 Å². The van der Waals surface area contributed by atoms with Gasteiger partial charge < -0.3 is 9.84 Å². The minimum Gasteiger partial charge on any atom is -0.491 e. The smallest absolute Gasteiger partial charge is 0.159 e. The monoisotopic (exact) mass is 336 g/mol. The van der Waals surface area contributed by atoms with Crippen molar-refractivity contribution in [3.63, 3.8) is 0 Å². The zero-order chi connectivity index (χ0) is 17.6. The lowest BCUT2D eigenvalue weighted by Crippen LogP contribution is -2.23. The average molecular weight is 336 g/mol. The molecule has 2 aromatic carbocycles. The third-order valence-electron chi connectivity index (χ3n) is 3.82. The molecule has 1 heterocycles. The van der Waals surface area contributed by atoms with Gasteiger partial charge in [-0.1, -0.05) is 42.5 Å². The lowest BCUT2D eigenvalue weighted by Gasteiger charge is -2.13. The van der Waals surface area contributed by atoms with Crippen molar-refractivity contribution in [2.24, 2.45) is 0 Å². The molecule has 0 fully saturated rings. The summed E-state index contributed by atoms with van der Waals surface area (Å²) in [6, 6.07) is 16.9. The van der Waals surface area contributed by atoms with E-state index < -0.39 is 6.10 Å². The molecule has 3 aromatic rings. The van der Waals surface area contributed by atoms with Crippen molar-refractivity contribution in [2.45, 2.75) is 19.6 Å². The lowest BCUT2D eigenvalue weighted by molar-refractivity contribution is 0.0892. The van der Waals surface area contributed by atoms with Gasteiger partial charge in [-0.15, -0.1) is 0 Å². The van der Waals surface area contributed by atoms with E-state index in [1.165, 1.54) is 6.92 Å². The Morgan fingerprint density at radius 3 is 2.72 bits per heavy atom. The van der Waals surface area contributed by atoms with Crippen LogP contribution in [0.4, 0.5) is 0 Å². The molecule has 3 rings (SSSR count). The third-order valence-corrected chi connectivity index (χ3v) is 3.82. The Morgan fingerprint density at radius 1 is 1.16 bits per heavy atom. The van der Waals surface area contributed by atoms with Crippen molar-refractivity contribution in [1.29, 1.82) is 0 Å². The summed E-state index contributed by atoms with van der Waals surface area (Å²) in [4.78, 5) is 11.4. The van der Waals surface area contributed by atoms with Crippen LogP contribution in [0.15, 0.2) is 67.0 Å². The Hall–Kier alpha value is -2.92. The van der Waals surface area contributed by atoms with E-state index >= 15 is 0 Å². The summed E-state index contributed by atoms with van der Waals surface area (Å²) < 4.78 is 7.28. The van der Waals surface area contributed by atoms with E-state index in [2.05, 4.69) is 5.10 Å². The van der Waals surface area contributed by atoms with Gasteiger partial charge in [0.1, 0.15) is 18.5 Å². The molecule has 0 aliphatic carbocycles. The SMILES string of the molecule is CC(=O)c1cccc(OCC(O)Cn2cc(-c3ccccc3)cn2)c1. The molecule has 0 spiro atoms. The second kappa shape index (κ2) is 7.77. The number of ketones is 1. The van der Waals surface area contributed by atoms with E-state index in [0.717, 1.165) is 11.1 Å². The van der Waals surface area contributed by atoms with Crippen LogP contribution in [0.5, 0.6) is 5.75 Å². The highest BCUT2D eigenvalue weighted by atomic mass is 16.5. The number of aliphatic hydroxyl groups is 1. The minimum absolute atomic E-state index is 0.0176. The number of nitrogens with zero attached hydrogens (tertiary/aromatic N) is 2. The second-order valence-corrected chi connectivity index (χ2v) is 5.87. The molecule has 0 bridgehead atoms. The maximum atomic E-state index is 11.4. The fraction of sp³-hybridized carbons (Fsp3) is 0.200. The van der Waals surface area contributed by atoms with Crippen LogP contribution in [0.1, 0.15) is 17.3 Å². The van der Waals surface area contributed by atoms with Crippen molar-refractivity contribution in [3.8, 4) is 16.9 Å². The second-order valence-electron chi connectivity index (χ2n) is 5.87. The highest BCUT2D eigenvalue weighted by molar-refractivity contribution is 5.94. The molecule has 0 aliphatic rings. The Morgan fingerprint density at radius 2 is 1.96 bits per heavy atom. The quantitative estimate of drug-likeness (QED) is 0.673. The van der Waals surface area contributed by atoms with Crippen LogP contribution in [0.25, 0.3) is 11.1 Å². The Labute approximate surface area is 146 Å². The molecule has 1 unspecified atom stereocenters. The maximum Gasteiger partial charge on any atom is 0.159 e. The van der Waals surface area contributed by atoms with Crippen LogP contribution in [0, 0.1) is 0 Å². The fourth-order valence-corrected chi connectivity index (χ4v) is 2.51. The molecule has 5 heteroatoms. The van der Waals surface area contributed by atoms with E-state index in [9.17, 15) is 9.90 Å². The molecule has 5 nitrogen and oxygen atoms in total. The van der Waals surface area contributed by atoms with Gasteiger partial charge in [-0.05, 0) is 24.6 Å².